The van der Waals surface area contributed by atoms with Gasteiger partial charge in [0, 0.05) is 24.4 Å². The molecule has 5 N–H and O–H groups in total. The largest absolute Gasteiger partial charge is 0.393 e. The van der Waals surface area contributed by atoms with Crippen molar-refractivity contribution < 1.29 is 5.11 Å². The zero-order valence-corrected chi connectivity index (χ0v) is 11.7. The minimum absolute atomic E-state index is 0.187. The maximum Gasteiger partial charge on any atom is 0.145 e. The van der Waals surface area contributed by atoms with Crippen molar-refractivity contribution in [2.24, 2.45) is 11.8 Å². The van der Waals surface area contributed by atoms with Gasteiger partial charge in [-0.1, -0.05) is 12.8 Å². The first-order chi connectivity index (χ1) is 9.76. The van der Waals surface area contributed by atoms with Crippen LogP contribution in [0.4, 0.5) is 11.6 Å². The third-order valence-electron chi connectivity index (χ3n) is 4.25. The van der Waals surface area contributed by atoms with E-state index >= 15 is 0 Å². The number of rotatable bonds is 5. The van der Waals surface area contributed by atoms with E-state index in [1.807, 2.05) is 6.07 Å². The number of hydrogen-bond acceptors (Lipinski definition) is 6. The lowest BCUT2D eigenvalue weighted by Crippen LogP contribution is -2.30. The summed E-state index contributed by atoms with van der Waals surface area (Å²) in [5.41, 5.74) is 2.60. The number of nitrogens with two attached hydrogens (primary N) is 1. The fraction of sp³-hybridized carbons (Fsp3) is 0.714. The summed E-state index contributed by atoms with van der Waals surface area (Å²) in [6.07, 6.45) is 6.47. The van der Waals surface area contributed by atoms with Crippen molar-refractivity contribution in [3.05, 3.63) is 11.9 Å². The Morgan fingerprint density at radius 1 is 1.15 bits per heavy atom. The Morgan fingerprint density at radius 2 is 1.90 bits per heavy atom. The predicted molar refractivity (Wildman–Crippen MR) is 78.3 cm³/mol. The van der Waals surface area contributed by atoms with Gasteiger partial charge in [-0.15, -0.1) is 0 Å². The number of anilines is 2. The quantitative estimate of drug-likeness (QED) is 0.482. The minimum atomic E-state index is -0.187. The van der Waals surface area contributed by atoms with Gasteiger partial charge in [-0.3, -0.25) is 0 Å². The van der Waals surface area contributed by atoms with E-state index in [0.717, 1.165) is 50.3 Å². The normalized spacial score (nSPS) is 26.3. The molecule has 0 aliphatic heterocycles. The van der Waals surface area contributed by atoms with Crippen LogP contribution in [0.5, 0.6) is 0 Å². The molecule has 1 aromatic rings. The maximum absolute atomic E-state index is 10.00. The van der Waals surface area contributed by atoms with E-state index in [4.69, 9.17) is 5.84 Å². The van der Waals surface area contributed by atoms with Crippen LogP contribution in [0.1, 0.15) is 50.3 Å². The molecule has 3 rings (SSSR count). The van der Waals surface area contributed by atoms with E-state index in [1.165, 1.54) is 6.42 Å². The van der Waals surface area contributed by atoms with Crippen LogP contribution >= 0.6 is 0 Å². The van der Waals surface area contributed by atoms with E-state index < -0.39 is 0 Å². The number of aliphatic hydroxyl groups is 1. The Labute approximate surface area is 119 Å². The van der Waals surface area contributed by atoms with Crippen molar-refractivity contribution in [1.82, 2.24) is 9.97 Å². The second kappa shape index (κ2) is 5.93. The second-order valence-electron chi connectivity index (χ2n) is 5.91. The Balaban J connectivity index is 1.65. The molecule has 0 spiro atoms. The SMILES string of the molecule is NNc1cc(NCC2CCCCC2O)nc(C2CC2)n1. The molecule has 0 saturated heterocycles. The molecule has 2 saturated carbocycles. The van der Waals surface area contributed by atoms with Crippen LogP contribution in [0.2, 0.25) is 0 Å². The highest BCUT2D eigenvalue weighted by Crippen LogP contribution is 2.38. The Morgan fingerprint density at radius 3 is 2.60 bits per heavy atom. The van der Waals surface area contributed by atoms with Gasteiger partial charge < -0.3 is 15.8 Å². The lowest BCUT2D eigenvalue weighted by atomic mass is 9.86. The summed E-state index contributed by atoms with van der Waals surface area (Å²) < 4.78 is 0. The van der Waals surface area contributed by atoms with E-state index in [2.05, 4.69) is 20.7 Å². The van der Waals surface area contributed by atoms with Crippen molar-refractivity contribution in [1.29, 1.82) is 0 Å². The predicted octanol–water partition coefficient (Wildman–Crippen LogP) is 1.60. The minimum Gasteiger partial charge on any atom is -0.393 e. The van der Waals surface area contributed by atoms with Crippen molar-refractivity contribution in [3.8, 4) is 0 Å². The molecule has 2 aliphatic carbocycles. The number of nitrogens with one attached hydrogen (secondary N) is 2. The first-order valence-electron chi connectivity index (χ1n) is 7.54. The number of nitrogen functional groups attached to an aromatic ring is 1. The molecular weight excluding hydrogens is 254 g/mol. The molecule has 2 fully saturated rings. The van der Waals surface area contributed by atoms with Crippen LogP contribution in [-0.4, -0.2) is 27.7 Å². The lowest BCUT2D eigenvalue weighted by Gasteiger charge is -2.27. The van der Waals surface area contributed by atoms with Crippen molar-refractivity contribution >= 4 is 11.6 Å². The van der Waals surface area contributed by atoms with Crippen LogP contribution < -0.4 is 16.6 Å². The Kier molecular flexibility index (Phi) is 4.03. The van der Waals surface area contributed by atoms with Gasteiger partial charge >= 0.3 is 0 Å². The van der Waals surface area contributed by atoms with Crippen molar-refractivity contribution in [3.63, 3.8) is 0 Å². The maximum atomic E-state index is 10.00. The first-order valence-corrected chi connectivity index (χ1v) is 7.54. The van der Waals surface area contributed by atoms with Crippen LogP contribution in [0.15, 0.2) is 6.07 Å². The van der Waals surface area contributed by atoms with Crippen LogP contribution in [0.3, 0.4) is 0 Å². The Hall–Kier alpha value is -1.40. The number of hydrogen-bond donors (Lipinski definition) is 4. The molecule has 2 aliphatic rings. The zero-order valence-electron chi connectivity index (χ0n) is 11.7. The third kappa shape index (κ3) is 3.19. The van der Waals surface area contributed by atoms with Crippen LogP contribution in [0, 0.1) is 5.92 Å². The van der Waals surface area contributed by atoms with Gasteiger partial charge in [-0.25, -0.2) is 15.8 Å². The topological polar surface area (TPSA) is 96.1 Å². The molecule has 0 amide bonds. The molecule has 0 radical (unpaired) electrons. The van der Waals surface area contributed by atoms with Gasteiger partial charge in [-0.05, 0) is 25.7 Å². The highest BCUT2D eigenvalue weighted by Gasteiger charge is 2.28. The summed E-state index contributed by atoms with van der Waals surface area (Å²) in [6, 6.07) is 1.82. The highest BCUT2D eigenvalue weighted by atomic mass is 16.3. The lowest BCUT2D eigenvalue weighted by molar-refractivity contribution is 0.0763. The number of aromatic nitrogens is 2. The molecule has 1 heterocycles. The standard InChI is InChI=1S/C14H23N5O/c15-19-13-7-12(17-14(18-13)9-5-6-9)16-8-10-3-1-2-4-11(10)20/h7,9-11,20H,1-6,8,15H2,(H2,16,17,18,19). The van der Waals surface area contributed by atoms with Gasteiger partial charge in [0.05, 0.1) is 6.10 Å². The molecular formula is C14H23N5O. The average Bonchev–Trinajstić information content (AvgIpc) is 3.31. The summed E-state index contributed by atoms with van der Waals surface area (Å²) in [7, 11) is 0. The van der Waals surface area contributed by atoms with Gasteiger partial charge in [0.25, 0.3) is 0 Å². The highest BCUT2D eigenvalue weighted by molar-refractivity contribution is 5.47. The second-order valence-corrected chi connectivity index (χ2v) is 5.91. The smallest absolute Gasteiger partial charge is 0.145 e. The molecule has 2 unspecified atom stereocenters. The fourth-order valence-electron chi connectivity index (χ4n) is 2.82. The van der Waals surface area contributed by atoms with E-state index in [0.29, 0.717) is 17.7 Å². The molecule has 6 nitrogen and oxygen atoms in total. The zero-order chi connectivity index (χ0) is 13.9. The first kappa shape index (κ1) is 13.6. The fourth-order valence-corrected chi connectivity index (χ4v) is 2.82. The summed E-state index contributed by atoms with van der Waals surface area (Å²) in [5.74, 6) is 8.58. The van der Waals surface area contributed by atoms with E-state index in [9.17, 15) is 5.11 Å². The molecule has 2 atom stereocenters. The Bertz CT molecular complexity index is 463. The number of aliphatic hydroxyl groups excluding tert-OH is 1. The van der Waals surface area contributed by atoms with Gasteiger partial charge in [0.1, 0.15) is 17.5 Å². The summed E-state index contributed by atoms with van der Waals surface area (Å²) in [5, 5.41) is 13.3. The average molecular weight is 277 g/mol. The van der Waals surface area contributed by atoms with E-state index in [1.54, 1.807) is 0 Å². The van der Waals surface area contributed by atoms with Crippen molar-refractivity contribution in [2.45, 2.75) is 50.5 Å². The van der Waals surface area contributed by atoms with Crippen LogP contribution in [-0.2, 0) is 0 Å². The molecule has 20 heavy (non-hydrogen) atoms. The summed E-state index contributed by atoms with van der Waals surface area (Å²) in [4.78, 5) is 8.94. The molecule has 0 bridgehead atoms. The number of nitrogens with zero attached hydrogens (tertiary/aromatic N) is 2. The summed E-state index contributed by atoms with van der Waals surface area (Å²) >= 11 is 0. The summed E-state index contributed by atoms with van der Waals surface area (Å²) in [6.45, 7) is 0.756. The van der Waals surface area contributed by atoms with Crippen LogP contribution in [0.25, 0.3) is 0 Å². The molecule has 0 aromatic carbocycles. The molecule has 6 heteroatoms. The van der Waals surface area contributed by atoms with Gasteiger partial charge in [0.15, 0.2) is 0 Å². The monoisotopic (exact) mass is 277 g/mol. The number of hydrazine groups is 1. The van der Waals surface area contributed by atoms with E-state index in [-0.39, 0.29) is 6.10 Å². The third-order valence-corrected chi connectivity index (χ3v) is 4.25. The molecule has 110 valence electrons. The van der Waals surface area contributed by atoms with Crippen molar-refractivity contribution in [2.75, 3.05) is 17.3 Å². The molecule has 1 aromatic heterocycles. The van der Waals surface area contributed by atoms with Gasteiger partial charge in [-0.2, -0.15) is 0 Å². The van der Waals surface area contributed by atoms with Gasteiger partial charge in [0.2, 0.25) is 0 Å².